The van der Waals surface area contributed by atoms with Crippen molar-refractivity contribution in [1.29, 1.82) is 0 Å². The maximum Gasteiger partial charge on any atom is 0.0903 e. The molecule has 3 aromatic rings. The van der Waals surface area contributed by atoms with Crippen molar-refractivity contribution in [2.75, 3.05) is 6.54 Å². The van der Waals surface area contributed by atoms with Crippen molar-refractivity contribution >= 4 is 11.3 Å². The molecule has 4 heterocycles. The van der Waals surface area contributed by atoms with E-state index in [4.69, 9.17) is 4.74 Å². The van der Waals surface area contributed by atoms with Crippen LogP contribution in [0.25, 0.3) is 0 Å². The molecule has 4 rings (SSSR count). The first kappa shape index (κ1) is 16.4. The van der Waals surface area contributed by atoms with Gasteiger partial charge in [0.2, 0.25) is 0 Å². The van der Waals surface area contributed by atoms with Gasteiger partial charge in [-0.3, -0.25) is 14.6 Å². The molecule has 1 aliphatic rings. The molecule has 25 heavy (non-hydrogen) atoms. The summed E-state index contributed by atoms with van der Waals surface area (Å²) in [4.78, 5) is 8.36. The highest BCUT2D eigenvalue weighted by molar-refractivity contribution is 7.09. The van der Waals surface area contributed by atoms with Crippen LogP contribution >= 0.6 is 11.3 Å². The Balaban J connectivity index is 1.46. The highest BCUT2D eigenvalue weighted by atomic mass is 32.1. The second-order valence-electron chi connectivity index (χ2n) is 6.46. The van der Waals surface area contributed by atoms with E-state index >= 15 is 0 Å². The van der Waals surface area contributed by atoms with Crippen LogP contribution in [0.1, 0.15) is 22.0 Å². The quantitative estimate of drug-likeness (QED) is 0.705. The number of rotatable bonds is 5. The molecule has 0 radical (unpaired) electrons. The average molecular weight is 354 g/mol. The first-order valence-corrected chi connectivity index (χ1v) is 9.44. The van der Waals surface area contributed by atoms with Gasteiger partial charge in [-0.05, 0) is 36.6 Å². The summed E-state index contributed by atoms with van der Waals surface area (Å²) in [6, 6.07) is 12.5. The number of hydrogen-bond donors (Lipinski definition) is 0. The highest BCUT2D eigenvalue weighted by Crippen LogP contribution is 2.19. The molecule has 0 saturated carbocycles. The van der Waals surface area contributed by atoms with E-state index in [1.54, 1.807) is 11.3 Å². The van der Waals surface area contributed by atoms with Crippen LogP contribution in [0.15, 0.2) is 48.0 Å². The van der Waals surface area contributed by atoms with Crippen LogP contribution in [0.5, 0.6) is 0 Å². The molecular weight excluding hydrogens is 332 g/mol. The molecule has 0 aliphatic carbocycles. The first-order chi connectivity index (χ1) is 12.3. The molecule has 0 spiro atoms. The Morgan fingerprint density at radius 1 is 1.20 bits per heavy atom. The fourth-order valence-corrected chi connectivity index (χ4v) is 3.97. The fourth-order valence-electron chi connectivity index (χ4n) is 3.22. The van der Waals surface area contributed by atoms with Gasteiger partial charge < -0.3 is 4.74 Å². The largest absolute Gasteiger partial charge is 0.369 e. The monoisotopic (exact) mass is 354 g/mol. The summed E-state index contributed by atoms with van der Waals surface area (Å²) in [5.41, 5.74) is 3.25. The zero-order valence-electron chi connectivity index (χ0n) is 14.3. The van der Waals surface area contributed by atoms with Crippen LogP contribution < -0.4 is 0 Å². The average Bonchev–Trinajstić information content (AvgIpc) is 3.22. The van der Waals surface area contributed by atoms with Crippen molar-refractivity contribution in [2.45, 2.75) is 39.3 Å². The molecule has 0 unspecified atom stereocenters. The number of aryl methyl sites for hydroxylation is 1. The van der Waals surface area contributed by atoms with E-state index in [1.165, 1.54) is 10.6 Å². The van der Waals surface area contributed by atoms with Gasteiger partial charge in [0, 0.05) is 36.4 Å². The summed E-state index contributed by atoms with van der Waals surface area (Å²) in [6.07, 6.45) is 1.98. The van der Waals surface area contributed by atoms with Gasteiger partial charge in [-0.1, -0.05) is 12.1 Å². The van der Waals surface area contributed by atoms with Gasteiger partial charge in [0.25, 0.3) is 0 Å². The maximum atomic E-state index is 6.22. The zero-order valence-corrected chi connectivity index (χ0v) is 15.2. The van der Waals surface area contributed by atoms with E-state index in [2.05, 4.69) is 43.2 Å². The highest BCUT2D eigenvalue weighted by Gasteiger charge is 2.23. The second kappa shape index (κ2) is 7.47. The van der Waals surface area contributed by atoms with Crippen LogP contribution in [-0.2, 0) is 31.0 Å². The van der Waals surface area contributed by atoms with Crippen LogP contribution in [0.2, 0.25) is 0 Å². The lowest BCUT2D eigenvalue weighted by Crippen LogP contribution is -2.32. The van der Waals surface area contributed by atoms with E-state index in [9.17, 15) is 0 Å². The number of ether oxygens (including phenoxy) is 1. The third-order valence-corrected chi connectivity index (χ3v) is 5.26. The molecule has 0 fully saturated rings. The lowest BCUT2D eigenvalue weighted by atomic mass is 10.3. The third-order valence-electron chi connectivity index (χ3n) is 4.40. The van der Waals surface area contributed by atoms with E-state index < -0.39 is 0 Å². The Morgan fingerprint density at radius 3 is 3.00 bits per heavy atom. The van der Waals surface area contributed by atoms with Crippen molar-refractivity contribution in [3.63, 3.8) is 0 Å². The smallest absolute Gasteiger partial charge is 0.0903 e. The van der Waals surface area contributed by atoms with Gasteiger partial charge in [-0.15, -0.1) is 11.3 Å². The van der Waals surface area contributed by atoms with Crippen molar-refractivity contribution in [3.8, 4) is 0 Å². The predicted molar refractivity (Wildman–Crippen MR) is 98.2 cm³/mol. The van der Waals surface area contributed by atoms with E-state index in [0.717, 1.165) is 37.6 Å². The molecule has 0 amide bonds. The number of hydrogen-bond acceptors (Lipinski definition) is 5. The zero-order chi connectivity index (χ0) is 17.1. The van der Waals surface area contributed by atoms with E-state index in [1.807, 2.05) is 31.3 Å². The second-order valence-corrected chi connectivity index (χ2v) is 7.49. The number of thiophene rings is 1. The Morgan fingerprint density at radius 2 is 2.16 bits per heavy atom. The first-order valence-electron chi connectivity index (χ1n) is 8.56. The minimum Gasteiger partial charge on any atom is -0.369 e. The molecule has 3 aromatic heterocycles. The summed E-state index contributed by atoms with van der Waals surface area (Å²) in [6.45, 7) is 6.08. The van der Waals surface area contributed by atoms with Crippen molar-refractivity contribution in [3.05, 3.63) is 69.9 Å². The van der Waals surface area contributed by atoms with Crippen LogP contribution in [-0.4, -0.2) is 32.3 Å². The number of fused-ring (bicyclic) bond motifs is 1. The lowest BCUT2D eigenvalue weighted by Gasteiger charge is -2.23. The van der Waals surface area contributed by atoms with Crippen LogP contribution in [0.4, 0.5) is 0 Å². The minimum atomic E-state index is 0.100. The third kappa shape index (κ3) is 4.15. The van der Waals surface area contributed by atoms with Crippen LogP contribution in [0, 0.1) is 6.92 Å². The molecule has 6 heteroatoms. The summed E-state index contributed by atoms with van der Waals surface area (Å²) in [7, 11) is 0. The molecule has 5 nitrogen and oxygen atoms in total. The molecule has 130 valence electrons. The number of nitrogens with zero attached hydrogens (tertiary/aromatic N) is 4. The van der Waals surface area contributed by atoms with Crippen molar-refractivity contribution in [1.82, 2.24) is 19.7 Å². The molecule has 0 aromatic carbocycles. The molecule has 0 bridgehead atoms. The standard InChI is InChI=1S/C19H22N4OS/c1-15-4-2-5-16(21-15)14-24-18-11-22(13-19-6-3-9-25-19)10-17-7-8-20-23(17)12-18/h2-9,18H,10-14H2,1H3/t18-/m1/s1. The van der Waals surface area contributed by atoms with E-state index in [-0.39, 0.29) is 6.10 Å². The maximum absolute atomic E-state index is 6.22. The Kier molecular flexibility index (Phi) is 4.92. The number of aromatic nitrogens is 3. The topological polar surface area (TPSA) is 43.2 Å². The molecular formula is C19H22N4OS. The molecule has 1 atom stereocenters. The summed E-state index contributed by atoms with van der Waals surface area (Å²) >= 11 is 1.80. The van der Waals surface area contributed by atoms with Gasteiger partial charge in [0.05, 0.1) is 30.6 Å². The molecule has 0 saturated heterocycles. The van der Waals surface area contributed by atoms with Crippen molar-refractivity contribution < 1.29 is 4.74 Å². The normalized spacial score (nSPS) is 18.0. The van der Waals surface area contributed by atoms with Gasteiger partial charge >= 0.3 is 0 Å². The Labute approximate surface area is 151 Å². The Bertz CT molecular complexity index is 814. The number of pyridine rings is 1. The molecule has 0 N–H and O–H groups in total. The van der Waals surface area contributed by atoms with Gasteiger partial charge in [-0.2, -0.15) is 5.10 Å². The minimum absolute atomic E-state index is 0.100. The van der Waals surface area contributed by atoms with Gasteiger partial charge in [0.1, 0.15) is 0 Å². The van der Waals surface area contributed by atoms with Crippen LogP contribution in [0.3, 0.4) is 0 Å². The lowest BCUT2D eigenvalue weighted by molar-refractivity contribution is 0.00589. The summed E-state index contributed by atoms with van der Waals surface area (Å²) in [5, 5.41) is 6.60. The predicted octanol–water partition coefficient (Wildman–Crippen LogP) is 3.25. The summed E-state index contributed by atoms with van der Waals surface area (Å²) < 4.78 is 8.29. The van der Waals surface area contributed by atoms with Gasteiger partial charge in [0.15, 0.2) is 0 Å². The van der Waals surface area contributed by atoms with Crippen molar-refractivity contribution in [2.24, 2.45) is 0 Å². The summed E-state index contributed by atoms with van der Waals surface area (Å²) in [5.74, 6) is 0. The van der Waals surface area contributed by atoms with Gasteiger partial charge in [-0.25, -0.2) is 0 Å². The van der Waals surface area contributed by atoms with E-state index in [0.29, 0.717) is 6.61 Å². The molecule has 1 aliphatic heterocycles. The SMILES string of the molecule is Cc1cccc(CO[C@@H]2CN(Cc3cccs3)Cc3ccnn3C2)n1. The Hall–Kier alpha value is -2.02. The fraction of sp³-hybridized carbons (Fsp3) is 0.368.